The predicted octanol–water partition coefficient (Wildman–Crippen LogP) is 5.59. The van der Waals surface area contributed by atoms with Crippen LogP contribution in [-0.4, -0.2) is 114 Å². The third-order valence-corrected chi connectivity index (χ3v) is 8.34. The lowest BCUT2D eigenvalue weighted by Crippen LogP contribution is -2.20. The highest BCUT2D eigenvalue weighted by Gasteiger charge is 2.12. The zero-order valence-corrected chi connectivity index (χ0v) is 33.9. The first kappa shape index (κ1) is 43.4. The Balaban J connectivity index is 0.000000224. The van der Waals surface area contributed by atoms with Crippen LogP contribution in [0.15, 0.2) is 85.7 Å². The number of nitrogens with two attached hydrogens (primary N) is 1. The van der Waals surface area contributed by atoms with Crippen LogP contribution >= 0.6 is 0 Å². The van der Waals surface area contributed by atoms with Gasteiger partial charge in [0.1, 0.15) is 0 Å². The van der Waals surface area contributed by atoms with E-state index in [-0.39, 0.29) is 11.3 Å². The molecule has 0 bridgehead atoms. The number of nitrogens with zero attached hydrogens (tertiary/aromatic N) is 10. The van der Waals surface area contributed by atoms with Gasteiger partial charge in [-0.2, -0.15) is 10.2 Å². The van der Waals surface area contributed by atoms with E-state index in [2.05, 4.69) is 50.6 Å². The predicted molar refractivity (Wildman–Crippen MR) is 224 cm³/mol. The van der Waals surface area contributed by atoms with E-state index in [0.29, 0.717) is 18.3 Å². The summed E-state index contributed by atoms with van der Waals surface area (Å²) >= 11 is 0. The second-order valence-corrected chi connectivity index (χ2v) is 13.9. The Labute approximate surface area is 333 Å². The lowest BCUT2D eigenvalue weighted by molar-refractivity contribution is 0.0696. The molecule has 16 heteroatoms. The second kappa shape index (κ2) is 21.1. The van der Waals surface area contributed by atoms with Gasteiger partial charge in [0.15, 0.2) is 5.78 Å². The molecule has 57 heavy (non-hydrogen) atoms. The molecule has 5 N–H and O–H groups in total. The van der Waals surface area contributed by atoms with Gasteiger partial charge in [-0.15, -0.1) is 0 Å². The first-order chi connectivity index (χ1) is 27.2. The fourth-order valence-corrected chi connectivity index (χ4v) is 5.36. The average Bonchev–Trinajstić information content (AvgIpc) is 3.79. The maximum absolute atomic E-state index is 12.3. The van der Waals surface area contributed by atoms with Crippen molar-refractivity contribution in [3.63, 3.8) is 0 Å². The number of hydrogen-bond donors (Lipinski definition) is 4. The lowest BCUT2D eigenvalue weighted by atomic mass is 10.0. The molecule has 0 atom stereocenters. The molecule has 0 saturated heterocycles. The van der Waals surface area contributed by atoms with Crippen LogP contribution in [0.5, 0.6) is 0 Å². The molecule has 0 aliphatic carbocycles. The minimum Gasteiger partial charge on any atom is -0.478 e. The van der Waals surface area contributed by atoms with Gasteiger partial charge in [0.05, 0.1) is 40.7 Å². The summed E-state index contributed by atoms with van der Waals surface area (Å²) in [4.78, 5) is 45.2. The molecule has 6 rings (SSSR count). The number of carbonyl (C=O) groups excluding carboxylic acids is 1. The number of ketones is 1. The van der Waals surface area contributed by atoms with Crippen LogP contribution in [0.3, 0.4) is 0 Å². The van der Waals surface area contributed by atoms with Crippen molar-refractivity contribution >= 4 is 35.0 Å². The number of carbonyl (C=O) groups is 2. The quantitative estimate of drug-likeness (QED) is 0.0999. The molecule has 6 aromatic rings. The van der Waals surface area contributed by atoms with Crippen LogP contribution in [0, 0.1) is 13.8 Å². The Morgan fingerprint density at radius 1 is 0.684 bits per heavy atom. The summed E-state index contributed by atoms with van der Waals surface area (Å²) in [5.74, 6) is 0.194. The van der Waals surface area contributed by atoms with Crippen LogP contribution in [0.4, 0.5) is 23.3 Å². The van der Waals surface area contributed by atoms with Crippen molar-refractivity contribution in [2.45, 2.75) is 26.7 Å². The van der Waals surface area contributed by atoms with Crippen molar-refractivity contribution in [3.05, 3.63) is 108 Å². The minimum atomic E-state index is -0.949. The maximum Gasteiger partial charge on any atom is 0.335 e. The van der Waals surface area contributed by atoms with Crippen LogP contribution in [-0.2, 0) is 14.1 Å². The average molecular weight is 776 g/mol. The summed E-state index contributed by atoms with van der Waals surface area (Å²) in [6.07, 6.45) is 12.0. The van der Waals surface area contributed by atoms with E-state index < -0.39 is 5.97 Å². The van der Waals surface area contributed by atoms with E-state index in [1.165, 1.54) is 0 Å². The van der Waals surface area contributed by atoms with Crippen LogP contribution < -0.4 is 16.4 Å². The monoisotopic (exact) mass is 775 g/mol. The maximum atomic E-state index is 12.3. The van der Waals surface area contributed by atoms with Gasteiger partial charge in [-0.1, -0.05) is 36.4 Å². The molecule has 0 aliphatic heterocycles. The molecule has 4 heterocycles. The Kier molecular flexibility index (Phi) is 16.0. The number of carboxylic acid groups (broad SMARTS) is 1. The Morgan fingerprint density at radius 3 is 1.47 bits per heavy atom. The number of likely N-dealkylation sites (N-methyl/N-ethyl adjacent to an activating group) is 1. The summed E-state index contributed by atoms with van der Waals surface area (Å²) in [5.41, 5.74) is 13.1. The third-order valence-electron chi connectivity index (χ3n) is 8.34. The van der Waals surface area contributed by atoms with E-state index in [1.54, 1.807) is 58.4 Å². The topological polar surface area (TPSA) is 198 Å². The summed E-state index contributed by atoms with van der Waals surface area (Å²) in [6.45, 7) is 6.54. The SMILES string of the molecule is CN(C)CCN.Cc1cnc(Nc2cnn(C)c2)nc1-c1ccc(C(=O)CCCN(C)C)cc1.Cc1cnc(Nc2cnn(C)c2)nc1-c1ccc(C(=O)O)cc1. The van der Waals surface area contributed by atoms with Crippen molar-refractivity contribution in [1.29, 1.82) is 0 Å². The van der Waals surface area contributed by atoms with E-state index in [1.807, 2.05) is 92.8 Å². The number of Topliss-reactive ketones (excluding diaryl/α,β-unsaturated/α-hetero) is 1. The molecule has 0 aliphatic rings. The van der Waals surface area contributed by atoms with Crippen molar-refractivity contribution in [3.8, 4) is 22.5 Å². The smallest absolute Gasteiger partial charge is 0.335 e. The number of aromatic carboxylic acids is 1. The van der Waals surface area contributed by atoms with E-state index >= 15 is 0 Å². The molecule has 4 aromatic heterocycles. The first-order valence-electron chi connectivity index (χ1n) is 18.4. The van der Waals surface area contributed by atoms with Crippen LogP contribution in [0.1, 0.15) is 44.7 Å². The number of aryl methyl sites for hydroxylation is 4. The molecule has 0 saturated carbocycles. The molecule has 0 amide bonds. The highest BCUT2D eigenvalue weighted by atomic mass is 16.4. The lowest BCUT2D eigenvalue weighted by Gasteiger charge is -2.10. The van der Waals surface area contributed by atoms with Gasteiger partial charge < -0.3 is 31.3 Å². The summed E-state index contributed by atoms with van der Waals surface area (Å²) in [7, 11) is 11.7. The van der Waals surface area contributed by atoms with Crippen molar-refractivity contribution in [2.75, 3.05) is 58.5 Å². The molecular weight excluding hydrogens is 723 g/mol. The van der Waals surface area contributed by atoms with Gasteiger partial charge in [-0.25, -0.2) is 24.7 Å². The molecule has 0 spiro atoms. The standard InChI is InChI=1S/C21H26N6O.C16H15N5O2.C4H12N2/c1-15-12-22-21(24-18-13-23-27(4)14-18)25-20(15)17-9-7-16(8-10-17)19(28)6-5-11-26(2)3;1-10-7-17-16(19-13-8-18-21(2)9-13)20-14(10)11-3-5-12(6-4-11)15(22)23;1-6(2)4-3-5/h7-10,12-14H,5-6,11H2,1-4H3,(H,22,24,25);3-9H,1-2H3,(H,22,23)(H,17,19,20);3-5H2,1-2H3. The highest BCUT2D eigenvalue weighted by Crippen LogP contribution is 2.25. The van der Waals surface area contributed by atoms with Gasteiger partial charge in [0.2, 0.25) is 11.9 Å². The van der Waals surface area contributed by atoms with Gasteiger partial charge in [0.25, 0.3) is 0 Å². The van der Waals surface area contributed by atoms with Crippen molar-refractivity contribution in [2.24, 2.45) is 19.8 Å². The van der Waals surface area contributed by atoms with Crippen LogP contribution in [0.2, 0.25) is 0 Å². The minimum absolute atomic E-state index is 0.173. The fraction of sp³-hybridized carbons (Fsp3) is 0.317. The Hall–Kier alpha value is -6.36. The zero-order valence-electron chi connectivity index (χ0n) is 33.9. The fourth-order valence-electron chi connectivity index (χ4n) is 5.36. The summed E-state index contributed by atoms with van der Waals surface area (Å²) in [6, 6.07) is 14.3. The van der Waals surface area contributed by atoms with E-state index in [9.17, 15) is 9.59 Å². The molecule has 0 fully saturated rings. The number of rotatable bonds is 14. The number of anilines is 4. The Morgan fingerprint density at radius 2 is 1.12 bits per heavy atom. The van der Waals surface area contributed by atoms with Gasteiger partial charge in [-0.3, -0.25) is 14.2 Å². The molecule has 300 valence electrons. The summed E-state index contributed by atoms with van der Waals surface area (Å²) in [5, 5.41) is 23.4. The first-order valence-corrected chi connectivity index (χ1v) is 18.4. The van der Waals surface area contributed by atoms with E-state index in [0.717, 1.165) is 76.6 Å². The number of benzene rings is 2. The molecule has 0 unspecified atom stereocenters. The Bertz CT molecular complexity index is 2190. The number of nitrogens with one attached hydrogen (secondary N) is 2. The van der Waals surface area contributed by atoms with E-state index in [4.69, 9.17) is 10.8 Å². The zero-order chi connectivity index (χ0) is 41.5. The van der Waals surface area contributed by atoms with Crippen molar-refractivity contribution in [1.82, 2.24) is 49.3 Å². The molecule has 0 radical (unpaired) electrons. The largest absolute Gasteiger partial charge is 0.478 e. The molecule has 2 aromatic carbocycles. The third kappa shape index (κ3) is 13.7. The number of aromatic nitrogens is 8. The summed E-state index contributed by atoms with van der Waals surface area (Å²) < 4.78 is 3.40. The number of carboxylic acids is 1. The number of hydrogen-bond acceptors (Lipinski definition) is 13. The highest BCUT2D eigenvalue weighted by molar-refractivity contribution is 5.96. The van der Waals surface area contributed by atoms with Gasteiger partial charge in [0, 0.05) is 75.1 Å². The van der Waals surface area contributed by atoms with Crippen LogP contribution in [0.25, 0.3) is 22.5 Å². The van der Waals surface area contributed by atoms with Crippen molar-refractivity contribution < 1.29 is 14.7 Å². The molecular formula is C41H53N13O3. The van der Waals surface area contributed by atoms with Gasteiger partial charge >= 0.3 is 5.97 Å². The normalized spacial score (nSPS) is 10.7. The van der Waals surface area contributed by atoms with Gasteiger partial charge in [-0.05, 0) is 78.3 Å². The second-order valence-electron chi connectivity index (χ2n) is 13.9. The molecule has 16 nitrogen and oxygen atoms in total.